The van der Waals surface area contributed by atoms with Crippen LogP contribution in [0.15, 0.2) is 60.2 Å². The molecule has 0 saturated carbocycles. The number of aromatic nitrogens is 2. The second-order valence-corrected chi connectivity index (χ2v) is 6.00. The van der Waals surface area contributed by atoms with E-state index < -0.39 is 0 Å². The second kappa shape index (κ2) is 8.60. The van der Waals surface area contributed by atoms with Crippen molar-refractivity contribution in [2.24, 2.45) is 0 Å². The number of hydrogen-bond donors (Lipinski definition) is 2. The van der Waals surface area contributed by atoms with Gasteiger partial charge < -0.3 is 9.97 Å². The topological polar surface area (TPSA) is 151 Å². The molecule has 30 heavy (non-hydrogen) atoms. The molecule has 0 atom stereocenters. The molecular formula is C23H11N7. The maximum absolute atomic E-state index is 9.41. The molecule has 0 aliphatic carbocycles. The van der Waals surface area contributed by atoms with Gasteiger partial charge in [-0.25, -0.2) is 0 Å². The normalized spacial score (nSPS) is 10.4. The van der Waals surface area contributed by atoms with E-state index in [-0.39, 0.29) is 16.7 Å². The van der Waals surface area contributed by atoms with Crippen molar-refractivity contribution in [2.45, 2.75) is 0 Å². The Hall–Kier alpha value is -5.29. The molecule has 0 fully saturated rings. The zero-order chi connectivity index (χ0) is 21.5. The summed E-state index contributed by atoms with van der Waals surface area (Å²) in [7, 11) is 0. The Balaban J connectivity index is 2.33. The van der Waals surface area contributed by atoms with Crippen molar-refractivity contribution in [3.05, 3.63) is 87.8 Å². The largest absolute Gasteiger partial charge is 0.354 e. The van der Waals surface area contributed by atoms with Crippen molar-refractivity contribution in [1.82, 2.24) is 9.97 Å². The second-order valence-electron chi connectivity index (χ2n) is 6.00. The van der Waals surface area contributed by atoms with Crippen molar-refractivity contribution in [3.63, 3.8) is 0 Å². The number of H-pyrrole nitrogens is 2. The Kier molecular flexibility index (Phi) is 5.58. The summed E-state index contributed by atoms with van der Waals surface area (Å²) >= 11 is 0. The lowest BCUT2D eigenvalue weighted by atomic mass is 10.0. The first kappa shape index (κ1) is 19.5. The van der Waals surface area contributed by atoms with Crippen molar-refractivity contribution in [3.8, 4) is 30.3 Å². The minimum atomic E-state index is -0.281. The van der Waals surface area contributed by atoms with E-state index in [1.807, 2.05) is 48.5 Å². The van der Waals surface area contributed by atoms with E-state index in [0.29, 0.717) is 22.1 Å². The molecule has 0 bridgehead atoms. The fraction of sp³-hybridized carbons (Fsp3) is 0. The molecule has 3 aromatic rings. The molecule has 138 valence electrons. The van der Waals surface area contributed by atoms with Crippen LogP contribution >= 0.6 is 0 Å². The summed E-state index contributed by atoms with van der Waals surface area (Å²) in [5, 5.41) is 46.9. The predicted octanol–water partition coefficient (Wildman–Crippen LogP) is 2.11. The Morgan fingerprint density at radius 1 is 0.600 bits per heavy atom. The summed E-state index contributed by atoms with van der Waals surface area (Å²) in [5.41, 5.74) is 2.18. The van der Waals surface area contributed by atoms with Gasteiger partial charge >= 0.3 is 0 Å². The van der Waals surface area contributed by atoms with Gasteiger partial charge in [-0.15, -0.1) is 0 Å². The van der Waals surface area contributed by atoms with Gasteiger partial charge in [0.15, 0.2) is 5.57 Å². The van der Waals surface area contributed by atoms with Crippen LogP contribution < -0.4 is 10.7 Å². The lowest BCUT2D eigenvalue weighted by Crippen LogP contribution is -2.16. The molecule has 0 radical (unpaired) electrons. The number of nitriles is 5. The summed E-state index contributed by atoms with van der Waals surface area (Å²) in [6.07, 6.45) is 0. The smallest absolute Gasteiger partial charge is 0.153 e. The highest BCUT2D eigenvalue weighted by Gasteiger charge is 2.14. The standard InChI is InChI=1S/C23H11N7/c24-10-16(11-25)18(14-28)20-7-9-22(30-20)23(15-4-2-1-3-5-15)21-8-6-19(29-21)17(12-26)13-27/h1-9,29-30H/b23-21-. The van der Waals surface area contributed by atoms with E-state index in [4.69, 9.17) is 21.0 Å². The predicted molar refractivity (Wildman–Crippen MR) is 107 cm³/mol. The number of nitrogens with one attached hydrogen (secondary N) is 2. The molecule has 2 heterocycles. The van der Waals surface area contributed by atoms with Crippen LogP contribution in [-0.4, -0.2) is 9.97 Å². The van der Waals surface area contributed by atoms with Gasteiger partial charge in [0.1, 0.15) is 41.5 Å². The van der Waals surface area contributed by atoms with Crippen LogP contribution in [0.3, 0.4) is 0 Å². The van der Waals surface area contributed by atoms with Gasteiger partial charge in [0.05, 0.1) is 11.0 Å². The molecule has 1 aromatic carbocycles. The fourth-order valence-electron chi connectivity index (χ4n) is 2.97. The van der Waals surface area contributed by atoms with Crippen LogP contribution in [0.25, 0.3) is 16.7 Å². The highest BCUT2D eigenvalue weighted by Crippen LogP contribution is 2.23. The number of hydrogen-bond acceptors (Lipinski definition) is 5. The Morgan fingerprint density at radius 3 is 1.83 bits per heavy atom. The molecule has 3 rings (SSSR count). The molecule has 0 aliphatic heterocycles. The monoisotopic (exact) mass is 385 g/mol. The zero-order valence-corrected chi connectivity index (χ0v) is 15.4. The van der Waals surface area contributed by atoms with Gasteiger partial charge in [0.25, 0.3) is 0 Å². The highest BCUT2D eigenvalue weighted by molar-refractivity contribution is 5.85. The van der Waals surface area contributed by atoms with E-state index in [0.717, 1.165) is 11.1 Å². The summed E-state index contributed by atoms with van der Waals surface area (Å²) in [6.45, 7) is 0. The van der Waals surface area contributed by atoms with Gasteiger partial charge in [-0.3, -0.25) is 0 Å². The number of allylic oxidation sites excluding steroid dienone is 2. The van der Waals surface area contributed by atoms with E-state index in [2.05, 4.69) is 9.97 Å². The van der Waals surface area contributed by atoms with Crippen LogP contribution in [0.1, 0.15) is 17.0 Å². The molecule has 0 spiro atoms. The van der Waals surface area contributed by atoms with Crippen molar-refractivity contribution >= 4 is 16.7 Å². The number of benzene rings is 1. The maximum Gasteiger partial charge on any atom is 0.153 e. The first-order valence-corrected chi connectivity index (χ1v) is 8.60. The molecule has 2 N–H and O–H groups in total. The first-order valence-electron chi connectivity index (χ1n) is 8.60. The Morgan fingerprint density at radius 2 is 1.23 bits per heavy atom. The molecule has 2 aromatic heterocycles. The molecule has 7 nitrogen and oxygen atoms in total. The minimum absolute atomic E-state index is 0.0387. The molecule has 0 amide bonds. The molecule has 7 heteroatoms. The molecule has 0 unspecified atom stereocenters. The Labute approximate surface area is 171 Å². The molecular weight excluding hydrogens is 374 g/mol. The van der Waals surface area contributed by atoms with E-state index >= 15 is 0 Å². The van der Waals surface area contributed by atoms with Crippen LogP contribution in [0, 0.1) is 56.7 Å². The third kappa shape index (κ3) is 3.58. The number of aromatic amines is 2. The first-order chi connectivity index (χ1) is 14.7. The molecule has 0 aliphatic rings. The van der Waals surface area contributed by atoms with E-state index in [1.54, 1.807) is 36.4 Å². The van der Waals surface area contributed by atoms with Crippen LogP contribution in [-0.2, 0) is 0 Å². The fourth-order valence-corrected chi connectivity index (χ4v) is 2.97. The third-order valence-electron chi connectivity index (χ3n) is 4.32. The summed E-state index contributed by atoms with van der Waals surface area (Å²) in [5.74, 6) is 0. The van der Waals surface area contributed by atoms with Crippen molar-refractivity contribution < 1.29 is 0 Å². The Bertz CT molecular complexity index is 1450. The number of nitrogens with zero attached hydrogens (tertiary/aromatic N) is 5. The quantitative estimate of drug-likeness (QED) is 0.662. The van der Waals surface area contributed by atoms with Gasteiger partial charge in [-0.05, 0) is 29.8 Å². The van der Waals surface area contributed by atoms with Crippen molar-refractivity contribution in [2.75, 3.05) is 0 Å². The van der Waals surface area contributed by atoms with Crippen molar-refractivity contribution in [1.29, 1.82) is 26.3 Å². The third-order valence-corrected chi connectivity index (χ3v) is 4.32. The summed E-state index contributed by atoms with van der Waals surface area (Å²) in [4.78, 5) is 6.19. The highest BCUT2D eigenvalue weighted by atomic mass is 14.7. The zero-order valence-electron chi connectivity index (χ0n) is 15.4. The van der Waals surface area contributed by atoms with E-state index in [1.165, 1.54) is 0 Å². The van der Waals surface area contributed by atoms with Crippen LogP contribution in [0.2, 0.25) is 0 Å². The molecule has 0 saturated heterocycles. The summed E-state index contributed by atoms with van der Waals surface area (Å²) in [6, 6.07) is 25.2. The van der Waals surface area contributed by atoms with Gasteiger partial charge in [-0.1, -0.05) is 30.3 Å². The minimum Gasteiger partial charge on any atom is -0.354 e. The average Bonchev–Trinajstić information content (AvgIpc) is 3.45. The van der Waals surface area contributed by atoms with E-state index in [9.17, 15) is 5.26 Å². The maximum atomic E-state index is 9.41. The van der Waals surface area contributed by atoms with Crippen LogP contribution in [0.4, 0.5) is 0 Å². The number of rotatable bonds is 3. The SMILES string of the molecule is N#CC(C#N)=C(C#N)c1ccc(/C(c2ccccc2)=c2/ccc(=C(C#N)C#N)[nH]2)[nH]1. The van der Waals surface area contributed by atoms with Crippen LogP contribution in [0.5, 0.6) is 0 Å². The lowest BCUT2D eigenvalue weighted by molar-refractivity contribution is 1.22. The lowest BCUT2D eigenvalue weighted by Gasteiger charge is -2.06. The van der Waals surface area contributed by atoms with Gasteiger partial charge in [0, 0.05) is 16.6 Å². The summed E-state index contributed by atoms with van der Waals surface area (Å²) < 4.78 is 0. The average molecular weight is 385 g/mol. The van der Waals surface area contributed by atoms with Gasteiger partial charge in [-0.2, -0.15) is 26.3 Å². The van der Waals surface area contributed by atoms with Gasteiger partial charge in [0.2, 0.25) is 0 Å².